The van der Waals surface area contributed by atoms with Crippen LogP contribution in [0.5, 0.6) is 0 Å². The molecule has 0 amide bonds. The number of likely N-dealkylation sites (N-methyl/N-ethyl adjacent to an activating group) is 1. The lowest BCUT2D eigenvalue weighted by Gasteiger charge is -2.49. The van der Waals surface area contributed by atoms with E-state index in [9.17, 15) is 14.4 Å². The molecular formula is C37H60N2O11. The zero-order valence-corrected chi connectivity index (χ0v) is 32.1. The fourth-order valence-electron chi connectivity index (χ4n) is 8.54. The summed E-state index contributed by atoms with van der Waals surface area (Å²) in [6.45, 7) is 22.8. The first-order valence-electron chi connectivity index (χ1n) is 18.0. The van der Waals surface area contributed by atoms with Crippen molar-refractivity contribution in [3.63, 3.8) is 0 Å². The number of cyclic esters (lactones) is 1. The number of esters is 2. The molecule has 4 rings (SSSR count). The number of fused-ring (bicyclic) bond motifs is 5. The van der Waals surface area contributed by atoms with Crippen molar-refractivity contribution in [1.29, 1.82) is 0 Å². The molecule has 284 valence electrons. The molecule has 0 radical (unpaired) electrons. The van der Waals surface area contributed by atoms with Crippen molar-refractivity contribution in [2.75, 3.05) is 27.3 Å². The van der Waals surface area contributed by atoms with E-state index in [1.807, 2.05) is 60.5 Å². The molecule has 0 aromatic rings. The predicted molar refractivity (Wildman–Crippen MR) is 184 cm³/mol. The fraction of sp³-hybridized carbons (Fsp3) is 0.838. The van der Waals surface area contributed by atoms with Crippen molar-refractivity contribution in [2.24, 2.45) is 28.8 Å². The summed E-state index contributed by atoms with van der Waals surface area (Å²) in [5, 5.41) is 4.29. The van der Waals surface area contributed by atoms with E-state index in [2.05, 4.69) is 18.7 Å². The van der Waals surface area contributed by atoms with Gasteiger partial charge in [-0.1, -0.05) is 39.4 Å². The SMILES string of the molecule is C=C1CO[C@H]2[C@@H](C)[C@@H](O[C@@H]3O[C@H](C)C[C@H](N(C)C)[C@H]3OC(C)=O)[C@@](C)(C[C@@H](C)C3OC(C)(/C(=N\OC(C)=O)C3C)[C@@H](CC)OC(=O)[C@@H]2C)OC1. The van der Waals surface area contributed by atoms with Crippen molar-refractivity contribution in [3.8, 4) is 0 Å². The number of nitrogens with zero attached hydrogens (tertiary/aromatic N) is 2. The van der Waals surface area contributed by atoms with Crippen LogP contribution in [0.3, 0.4) is 0 Å². The second-order valence-electron chi connectivity index (χ2n) is 15.5. The average molecular weight is 709 g/mol. The Labute approximate surface area is 297 Å². The topological polar surface area (TPSA) is 141 Å². The molecule has 14 atom stereocenters. The molecule has 50 heavy (non-hydrogen) atoms. The Balaban J connectivity index is 1.88. The van der Waals surface area contributed by atoms with Crippen LogP contribution >= 0.6 is 0 Å². The van der Waals surface area contributed by atoms with E-state index in [4.69, 9.17) is 38.0 Å². The molecule has 4 bridgehead atoms. The summed E-state index contributed by atoms with van der Waals surface area (Å²) in [4.78, 5) is 45.7. The summed E-state index contributed by atoms with van der Waals surface area (Å²) in [5.41, 5.74) is -0.977. The quantitative estimate of drug-likeness (QED) is 0.167. The minimum absolute atomic E-state index is 0.164. The van der Waals surface area contributed by atoms with E-state index < -0.39 is 77.8 Å². The second kappa shape index (κ2) is 16.1. The highest BCUT2D eigenvalue weighted by Gasteiger charge is 2.58. The van der Waals surface area contributed by atoms with E-state index in [0.29, 0.717) is 30.5 Å². The molecule has 3 unspecified atom stereocenters. The second-order valence-corrected chi connectivity index (χ2v) is 15.5. The van der Waals surface area contributed by atoms with Crippen molar-refractivity contribution >= 4 is 23.6 Å². The third kappa shape index (κ3) is 8.44. The van der Waals surface area contributed by atoms with E-state index >= 15 is 0 Å². The summed E-state index contributed by atoms with van der Waals surface area (Å²) < 4.78 is 45.9. The molecule has 4 saturated heterocycles. The monoisotopic (exact) mass is 708 g/mol. The smallest absolute Gasteiger partial charge is 0.331 e. The van der Waals surface area contributed by atoms with Crippen LogP contribution in [0.15, 0.2) is 17.3 Å². The highest BCUT2D eigenvalue weighted by atomic mass is 16.7. The van der Waals surface area contributed by atoms with E-state index in [1.165, 1.54) is 13.8 Å². The number of hydrogen-bond acceptors (Lipinski definition) is 13. The lowest BCUT2D eigenvalue weighted by Crippen LogP contribution is -2.60. The van der Waals surface area contributed by atoms with Gasteiger partial charge < -0.3 is 42.9 Å². The van der Waals surface area contributed by atoms with Crippen LogP contribution in [0.1, 0.15) is 88.5 Å². The molecule has 0 spiro atoms. The molecule has 4 fully saturated rings. The molecule has 0 aromatic heterocycles. The molecule has 4 heterocycles. The van der Waals surface area contributed by atoms with Crippen LogP contribution in [0.2, 0.25) is 0 Å². The summed E-state index contributed by atoms with van der Waals surface area (Å²) in [7, 11) is 3.88. The van der Waals surface area contributed by atoms with Crippen molar-refractivity contribution in [3.05, 3.63) is 12.2 Å². The van der Waals surface area contributed by atoms with Gasteiger partial charge in [0.15, 0.2) is 12.4 Å². The van der Waals surface area contributed by atoms with Gasteiger partial charge in [-0.05, 0) is 72.5 Å². The van der Waals surface area contributed by atoms with Crippen molar-refractivity contribution in [2.45, 2.75) is 149 Å². The predicted octanol–water partition coefficient (Wildman–Crippen LogP) is 4.45. The van der Waals surface area contributed by atoms with Crippen LogP contribution < -0.4 is 0 Å². The third-order valence-corrected chi connectivity index (χ3v) is 11.0. The highest BCUT2D eigenvalue weighted by Crippen LogP contribution is 2.46. The van der Waals surface area contributed by atoms with Crippen LogP contribution in [0.4, 0.5) is 0 Å². The Kier molecular flexibility index (Phi) is 13.0. The first-order chi connectivity index (χ1) is 23.3. The number of hydrogen-bond donors (Lipinski definition) is 0. The normalized spacial score (nSPS) is 43.9. The Morgan fingerprint density at radius 1 is 1.02 bits per heavy atom. The van der Waals surface area contributed by atoms with Gasteiger partial charge in [0.1, 0.15) is 11.7 Å². The first kappa shape index (κ1) is 40.4. The Hall–Kier alpha value is -2.42. The Bertz CT molecular complexity index is 1290. The summed E-state index contributed by atoms with van der Waals surface area (Å²) in [6, 6.07) is -0.174. The molecular weight excluding hydrogens is 648 g/mol. The summed E-state index contributed by atoms with van der Waals surface area (Å²) in [5.74, 6) is -3.14. The number of carbonyl (C=O) groups is 3. The molecule has 0 aliphatic carbocycles. The van der Waals surface area contributed by atoms with Crippen molar-refractivity contribution < 1.29 is 52.4 Å². The first-order valence-corrected chi connectivity index (χ1v) is 18.0. The average Bonchev–Trinajstić information content (AvgIpc) is 3.31. The third-order valence-electron chi connectivity index (χ3n) is 11.0. The number of oxime groups is 1. The maximum Gasteiger partial charge on any atom is 0.331 e. The molecule has 0 saturated carbocycles. The van der Waals surface area contributed by atoms with E-state index in [0.717, 1.165) is 0 Å². The van der Waals surface area contributed by atoms with E-state index in [1.54, 1.807) is 6.92 Å². The van der Waals surface area contributed by atoms with Gasteiger partial charge in [0.25, 0.3) is 0 Å². The number of rotatable bonds is 6. The zero-order valence-electron chi connectivity index (χ0n) is 32.1. The lowest BCUT2D eigenvalue weighted by molar-refractivity contribution is -0.305. The van der Waals surface area contributed by atoms with Gasteiger partial charge in [-0.2, -0.15) is 0 Å². The molecule has 13 heteroatoms. The van der Waals surface area contributed by atoms with Gasteiger partial charge >= 0.3 is 17.9 Å². The number of ether oxygens (including phenoxy) is 7. The van der Waals surface area contributed by atoms with Gasteiger partial charge in [0.05, 0.1) is 60.9 Å². The summed E-state index contributed by atoms with van der Waals surface area (Å²) in [6.07, 6.45) is -2.93. The standard InChI is InChI=1S/C37H60N2O11/c1-14-28-37(11)32(38-50-26(9)41)22(5)29(49-37)20(3)16-36(10)33(23(6)30(24(7)34(42)47-28)43-17-19(2)18-44-36)48-35-31(46-25(8)40)27(39(12)13)15-21(4)45-35/h20-24,27-31,33,35H,2,14-18H2,1,3-13H3/b38-32-/t20-,21-,22?,23-,24-,27+,28-,29?,30+,31-,33-,35+,36-,37?/m1/s1. The van der Waals surface area contributed by atoms with E-state index in [-0.39, 0.29) is 37.2 Å². The van der Waals surface area contributed by atoms with Crippen LogP contribution in [-0.2, 0) is 52.4 Å². The van der Waals surface area contributed by atoms with Crippen LogP contribution in [-0.4, -0.2) is 116 Å². The van der Waals surface area contributed by atoms with Crippen molar-refractivity contribution in [1.82, 2.24) is 4.90 Å². The maximum absolute atomic E-state index is 14.2. The minimum Gasteiger partial charge on any atom is -0.459 e. The zero-order chi connectivity index (χ0) is 37.3. The Morgan fingerprint density at radius 2 is 1.70 bits per heavy atom. The lowest BCUT2D eigenvalue weighted by atomic mass is 9.75. The molecule has 4 aliphatic heterocycles. The van der Waals surface area contributed by atoms with Gasteiger partial charge in [0.2, 0.25) is 0 Å². The van der Waals surface area contributed by atoms with Gasteiger partial charge in [-0.15, -0.1) is 0 Å². The van der Waals surface area contributed by atoms with Crippen LogP contribution in [0.25, 0.3) is 0 Å². The largest absolute Gasteiger partial charge is 0.459 e. The van der Waals surface area contributed by atoms with Gasteiger partial charge in [-0.3, -0.25) is 9.59 Å². The minimum atomic E-state index is -1.17. The molecule has 0 N–H and O–H groups in total. The highest BCUT2D eigenvalue weighted by molar-refractivity contribution is 5.97. The number of carbonyl (C=O) groups excluding carboxylic acids is 3. The molecule has 4 aliphatic rings. The Morgan fingerprint density at radius 3 is 2.30 bits per heavy atom. The molecule has 0 aromatic carbocycles. The summed E-state index contributed by atoms with van der Waals surface area (Å²) >= 11 is 0. The fourth-order valence-corrected chi connectivity index (χ4v) is 8.54. The van der Waals surface area contributed by atoms with Gasteiger partial charge in [0, 0.05) is 25.7 Å². The van der Waals surface area contributed by atoms with Gasteiger partial charge in [-0.25, -0.2) is 4.79 Å². The maximum atomic E-state index is 14.2. The van der Waals surface area contributed by atoms with Crippen LogP contribution in [0, 0.1) is 23.7 Å². The molecule has 13 nitrogen and oxygen atoms in total.